The summed E-state index contributed by atoms with van der Waals surface area (Å²) in [5, 5.41) is 19.0. The largest absolute Gasteiger partial charge is 0.505 e. The van der Waals surface area contributed by atoms with E-state index in [-0.39, 0.29) is 5.76 Å². The second kappa shape index (κ2) is 6.03. The SMILES string of the molecule is CCCC(C)SCCC1OC(=O)C(O)=C1O. The summed E-state index contributed by atoms with van der Waals surface area (Å²) in [6.45, 7) is 4.30. The van der Waals surface area contributed by atoms with Crippen LogP contribution >= 0.6 is 11.8 Å². The molecule has 1 heterocycles. The summed E-state index contributed by atoms with van der Waals surface area (Å²) in [4.78, 5) is 10.9. The average Bonchev–Trinajstić information content (AvgIpc) is 2.47. The molecule has 92 valence electrons. The Hall–Kier alpha value is -0.840. The Morgan fingerprint density at radius 2 is 2.19 bits per heavy atom. The first-order valence-electron chi connectivity index (χ1n) is 5.51. The van der Waals surface area contributed by atoms with Gasteiger partial charge in [-0.15, -0.1) is 0 Å². The first kappa shape index (κ1) is 13.2. The Labute approximate surface area is 99.7 Å². The number of thioether (sulfide) groups is 1. The third-order valence-corrected chi connectivity index (χ3v) is 3.74. The van der Waals surface area contributed by atoms with Gasteiger partial charge in [-0.1, -0.05) is 20.3 Å². The van der Waals surface area contributed by atoms with Crippen molar-refractivity contribution in [2.24, 2.45) is 0 Å². The minimum atomic E-state index is -0.825. The lowest BCUT2D eigenvalue weighted by Gasteiger charge is -2.12. The van der Waals surface area contributed by atoms with Gasteiger partial charge in [0, 0.05) is 11.7 Å². The van der Waals surface area contributed by atoms with Crippen LogP contribution in [-0.2, 0) is 9.53 Å². The van der Waals surface area contributed by atoms with E-state index in [9.17, 15) is 9.90 Å². The summed E-state index contributed by atoms with van der Waals surface area (Å²) < 4.78 is 4.80. The number of rotatable bonds is 6. The smallest absolute Gasteiger partial charge is 0.377 e. The number of cyclic esters (lactones) is 1. The summed E-state index contributed by atoms with van der Waals surface area (Å²) in [5.41, 5.74) is 0. The van der Waals surface area contributed by atoms with Crippen molar-refractivity contribution in [2.75, 3.05) is 5.75 Å². The third-order valence-electron chi connectivity index (χ3n) is 2.47. The molecule has 0 saturated carbocycles. The summed E-state index contributed by atoms with van der Waals surface area (Å²) >= 11 is 1.79. The van der Waals surface area contributed by atoms with Crippen molar-refractivity contribution < 1.29 is 19.7 Å². The van der Waals surface area contributed by atoms with Crippen molar-refractivity contribution in [1.82, 2.24) is 0 Å². The molecule has 0 fully saturated rings. The van der Waals surface area contributed by atoms with Crippen molar-refractivity contribution in [3.63, 3.8) is 0 Å². The summed E-state index contributed by atoms with van der Waals surface area (Å²) in [6, 6.07) is 0. The highest BCUT2D eigenvalue weighted by molar-refractivity contribution is 7.99. The second-order valence-electron chi connectivity index (χ2n) is 3.89. The number of ether oxygens (including phenoxy) is 1. The molecule has 1 aliphatic heterocycles. The molecule has 0 radical (unpaired) electrons. The number of carbonyl (C=O) groups is 1. The molecule has 0 spiro atoms. The van der Waals surface area contributed by atoms with Crippen molar-refractivity contribution in [3.05, 3.63) is 11.5 Å². The van der Waals surface area contributed by atoms with E-state index in [4.69, 9.17) is 9.84 Å². The molecule has 16 heavy (non-hydrogen) atoms. The lowest BCUT2D eigenvalue weighted by atomic mass is 10.2. The molecule has 4 nitrogen and oxygen atoms in total. The van der Waals surface area contributed by atoms with Gasteiger partial charge in [0.2, 0.25) is 5.76 Å². The maximum Gasteiger partial charge on any atom is 0.377 e. The van der Waals surface area contributed by atoms with Gasteiger partial charge in [-0.25, -0.2) is 4.79 Å². The van der Waals surface area contributed by atoms with E-state index in [1.807, 2.05) is 0 Å². The van der Waals surface area contributed by atoms with Gasteiger partial charge in [-0.2, -0.15) is 11.8 Å². The van der Waals surface area contributed by atoms with E-state index in [0.29, 0.717) is 11.7 Å². The molecule has 0 bridgehead atoms. The average molecular weight is 246 g/mol. The third kappa shape index (κ3) is 3.33. The van der Waals surface area contributed by atoms with Crippen LogP contribution in [-0.4, -0.2) is 33.3 Å². The molecule has 0 aromatic rings. The van der Waals surface area contributed by atoms with Gasteiger partial charge in [0.05, 0.1) is 0 Å². The monoisotopic (exact) mass is 246 g/mol. The lowest BCUT2D eigenvalue weighted by molar-refractivity contribution is -0.142. The first-order chi connectivity index (χ1) is 7.56. The molecule has 2 unspecified atom stereocenters. The molecule has 0 saturated heterocycles. The van der Waals surface area contributed by atoms with Crippen LogP contribution in [0.4, 0.5) is 0 Å². The number of esters is 1. The zero-order valence-electron chi connectivity index (χ0n) is 9.60. The van der Waals surface area contributed by atoms with Gasteiger partial charge in [-0.3, -0.25) is 0 Å². The molecule has 0 aliphatic carbocycles. The Balaban J connectivity index is 2.27. The molecule has 0 amide bonds. The molecule has 0 aromatic heterocycles. The van der Waals surface area contributed by atoms with E-state index < -0.39 is 17.8 Å². The fourth-order valence-corrected chi connectivity index (χ4v) is 2.71. The van der Waals surface area contributed by atoms with Crippen LogP contribution in [0.3, 0.4) is 0 Å². The summed E-state index contributed by atoms with van der Waals surface area (Å²) in [6.07, 6.45) is 2.19. The van der Waals surface area contributed by atoms with Crippen molar-refractivity contribution in [1.29, 1.82) is 0 Å². The number of hydrogen-bond donors (Lipinski definition) is 2. The number of aliphatic hydroxyl groups excluding tert-OH is 2. The van der Waals surface area contributed by atoms with Crippen LogP contribution in [0.1, 0.15) is 33.1 Å². The Morgan fingerprint density at radius 3 is 2.69 bits per heavy atom. The van der Waals surface area contributed by atoms with E-state index in [1.54, 1.807) is 11.8 Å². The number of carbonyl (C=O) groups excluding carboxylic acids is 1. The Kier molecular flexibility index (Phi) is 4.99. The first-order valence-corrected chi connectivity index (χ1v) is 6.55. The second-order valence-corrected chi connectivity index (χ2v) is 5.43. The lowest BCUT2D eigenvalue weighted by Crippen LogP contribution is -2.13. The van der Waals surface area contributed by atoms with Crippen LogP contribution in [0.5, 0.6) is 0 Å². The topological polar surface area (TPSA) is 66.8 Å². The number of hydrogen-bond acceptors (Lipinski definition) is 5. The van der Waals surface area contributed by atoms with E-state index in [1.165, 1.54) is 0 Å². The van der Waals surface area contributed by atoms with Crippen LogP contribution in [0.25, 0.3) is 0 Å². The standard InChI is InChI=1S/C11H18O4S/c1-3-4-7(2)16-6-5-8-9(12)10(13)11(14)15-8/h7-8,12-13H,3-6H2,1-2H3. The predicted octanol–water partition coefficient (Wildman–Crippen LogP) is 2.55. The zero-order chi connectivity index (χ0) is 12.1. The Morgan fingerprint density at radius 1 is 1.50 bits per heavy atom. The van der Waals surface area contributed by atoms with Gasteiger partial charge < -0.3 is 14.9 Å². The highest BCUT2D eigenvalue weighted by Crippen LogP contribution is 2.24. The fourth-order valence-electron chi connectivity index (χ4n) is 1.56. The molecule has 0 aromatic carbocycles. The van der Waals surface area contributed by atoms with Gasteiger partial charge in [0.15, 0.2) is 11.9 Å². The normalized spacial score (nSPS) is 22.4. The quantitative estimate of drug-likeness (QED) is 0.705. The molecule has 2 atom stereocenters. The molecule has 2 N–H and O–H groups in total. The molecule has 5 heteroatoms. The van der Waals surface area contributed by atoms with Crippen LogP contribution < -0.4 is 0 Å². The van der Waals surface area contributed by atoms with Gasteiger partial charge >= 0.3 is 5.97 Å². The van der Waals surface area contributed by atoms with E-state index in [0.717, 1.165) is 18.6 Å². The molecular formula is C11H18O4S. The molecule has 1 aliphatic rings. The maximum atomic E-state index is 10.9. The molecule has 1 rings (SSSR count). The Bertz CT molecular complexity index is 288. The minimum absolute atomic E-state index is 0.325. The summed E-state index contributed by atoms with van der Waals surface area (Å²) in [7, 11) is 0. The van der Waals surface area contributed by atoms with E-state index >= 15 is 0 Å². The predicted molar refractivity (Wildman–Crippen MR) is 63.6 cm³/mol. The molecular weight excluding hydrogens is 228 g/mol. The van der Waals surface area contributed by atoms with Gasteiger partial charge in [0.25, 0.3) is 0 Å². The zero-order valence-corrected chi connectivity index (χ0v) is 10.4. The van der Waals surface area contributed by atoms with Crippen LogP contribution in [0.15, 0.2) is 11.5 Å². The highest BCUT2D eigenvalue weighted by atomic mass is 32.2. The van der Waals surface area contributed by atoms with Crippen LogP contribution in [0.2, 0.25) is 0 Å². The fraction of sp³-hybridized carbons (Fsp3) is 0.727. The van der Waals surface area contributed by atoms with Crippen LogP contribution in [0, 0.1) is 0 Å². The van der Waals surface area contributed by atoms with E-state index in [2.05, 4.69) is 13.8 Å². The van der Waals surface area contributed by atoms with Crippen molar-refractivity contribution >= 4 is 17.7 Å². The van der Waals surface area contributed by atoms with Crippen molar-refractivity contribution in [2.45, 2.75) is 44.5 Å². The minimum Gasteiger partial charge on any atom is -0.505 e. The van der Waals surface area contributed by atoms with Gasteiger partial charge in [-0.05, 0) is 12.2 Å². The summed E-state index contributed by atoms with van der Waals surface area (Å²) in [5.74, 6) is -0.990. The van der Waals surface area contributed by atoms with Gasteiger partial charge in [0.1, 0.15) is 0 Å². The van der Waals surface area contributed by atoms with Crippen molar-refractivity contribution in [3.8, 4) is 0 Å². The maximum absolute atomic E-state index is 10.9. The number of aliphatic hydroxyl groups is 2. The highest BCUT2D eigenvalue weighted by Gasteiger charge is 2.33.